The molecule has 0 aliphatic heterocycles. The molecule has 3 rings (SSSR count). The lowest BCUT2D eigenvalue weighted by molar-refractivity contribution is -0.118. The highest BCUT2D eigenvalue weighted by molar-refractivity contribution is 7.99. The van der Waals surface area contributed by atoms with Crippen LogP contribution in [-0.2, 0) is 11.3 Å². The quantitative estimate of drug-likeness (QED) is 0.506. The second-order valence-electron chi connectivity index (χ2n) is 5.19. The number of carbonyl (C=O) groups is 1. The summed E-state index contributed by atoms with van der Waals surface area (Å²) in [5.41, 5.74) is -0.162. The van der Waals surface area contributed by atoms with Crippen molar-refractivity contribution in [2.75, 3.05) is 5.75 Å². The molecule has 0 unspecified atom stereocenters. The highest BCUT2D eigenvalue weighted by Crippen LogP contribution is 2.20. The first-order valence-corrected chi connectivity index (χ1v) is 8.52. The first-order valence-electron chi connectivity index (χ1n) is 7.54. The largest absolute Gasteiger partial charge is 0.493 e. The van der Waals surface area contributed by atoms with Gasteiger partial charge in [-0.1, -0.05) is 11.8 Å². The average Bonchev–Trinajstić information content (AvgIpc) is 3.12. The first-order chi connectivity index (χ1) is 12.5. The summed E-state index contributed by atoms with van der Waals surface area (Å²) in [4.78, 5) is 28.1. The van der Waals surface area contributed by atoms with E-state index in [0.717, 1.165) is 17.8 Å². The van der Waals surface area contributed by atoms with Gasteiger partial charge in [0.1, 0.15) is 11.6 Å². The molecular formula is C17H14FN3O4S. The number of hydrogen-bond donors (Lipinski definition) is 2. The number of amides is 1. The van der Waals surface area contributed by atoms with E-state index in [4.69, 9.17) is 4.42 Å². The van der Waals surface area contributed by atoms with Gasteiger partial charge in [0.2, 0.25) is 11.8 Å². The number of nitrogens with one attached hydrogen (secondary N) is 1. The van der Waals surface area contributed by atoms with Crippen LogP contribution >= 0.6 is 11.8 Å². The summed E-state index contributed by atoms with van der Waals surface area (Å²) in [5, 5.41) is 12.4. The number of halogens is 1. The maximum atomic E-state index is 13.1. The van der Waals surface area contributed by atoms with Crippen molar-refractivity contribution in [3.8, 4) is 11.6 Å². The molecule has 2 aromatic heterocycles. The SMILES string of the molecule is O=C(CSc1nc(O)cc(=O)n1-c1ccc(F)cc1)NCc1ccco1. The van der Waals surface area contributed by atoms with Gasteiger partial charge in [0, 0.05) is 0 Å². The molecule has 0 atom stereocenters. The molecule has 3 aromatic rings. The van der Waals surface area contributed by atoms with Crippen molar-refractivity contribution in [1.29, 1.82) is 0 Å². The van der Waals surface area contributed by atoms with Crippen molar-refractivity contribution in [3.63, 3.8) is 0 Å². The van der Waals surface area contributed by atoms with Crippen molar-refractivity contribution in [2.45, 2.75) is 11.7 Å². The fraction of sp³-hybridized carbons (Fsp3) is 0.118. The van der Waals surface area contributed by atoms with Gasteiger partial charge >= 0.3 is 0 Å². The highest BCUT2D eigenvalue weighted by Gasteiger charge is 2.13. The van der Waals surface area contributed by atoms with Gasteiger partial charge in [-0.15, -0.1) is 0 Å². The third kappa shape index (κ3) is 4.31. The van der Waals surface area contributed by atoms with Crippen molar-refractivity contribution < 1.29 is 18.7 Å². The Morgan fingerprint density at radius 3 is 2.77 bits per heavy atom. The maximum Gasteiger partial charge on any atom is 0.262 e. The first kappa shape index (κ1) is 17.7. The number of rotatable bonds is 6. The summed E-state index contributed by atoms with van der Waals surface area (Å²) in [6.07, 6.45) is 1.51. The Morgan fingerprint density at radius 1 is 1.31 bits per heavy atom. The summed E-state index contributed by atoms with van der Waals surface area (Å²) in [5.74, 6) is -0.610. The molecule has 2 heterocycles. The van der Waals surface area contributed by atoms with Gasteiger partial charge in [-0.05, 0) is 36.4 Å². The smallest absolute Gasteiger partial charge is 0.262 e. The number of nitrogens with zero attached hydrogens (tertiary/aromatic N) is 2. The molecule has 26 heavy (non-hydrogen) atoms. The van der Waals surface area contributed by atoms with E-state index in [0.29, 0.717) is 11.4 Å². The van der Waals surface area contributed by atoms with Gasteiger partial charge in [-0.25, -0.2) is 4.39 Å². The standard InChI is InChI=1S/C17H14FN3O4S/c18-11-3-5-12(6-4-11)21-16(24)8-14(22)20-17(21)26-10-15(23)19-9-13-2-1-7-25-13/h1-8,22H,9-10H2,(H,19,23). The van der Waals surface area contributed by atoms with Crippen LogP contribution in [0.25, 0.3) is 5.69 Å². The predicted molar refractivity (Wildman–Crippen MR) is 92.7 cm³/mol. The highest BCUT2D eigenvalue weighted by atomic mass is 32.2. The molecule has 9 heteroatoms. The number of hydrogen-bond acceptors (Lipinski definition) is 6. The van der Waals surface area contributed by atoms with E-state index >= 15 is 0 Å². The Morgan fingerprint density at radius 2 is 2.08 bits per heavy atom. The summed E-state index contributed by atoms with van der Waals surface area (Å²) in [7, 11) is 0. The lowest BCUT2D eigenvalue weighted by atomic mass is 10.3. The van der Waals surface area contributed by atoms with E-state index in [1.807, 2.05) is 0 Å². The fourth-order valence-corrected chi connectivity index (χ4v) is 3.00. The van der Waals surface area contributed by atoms with E-state index in [2.05, 4.69) is 10.3 Å². The molecule has 0 fully saturated rings. The molecule has 0 spiro atoms. The van der Waals surface area contributed by atoms with Crippen molar-refractivity contribution in [1.82, 2.24) is 14.9 Å². The van der Waals surface area contributed by atoms with Crippen LogP contribution in [0, 0.1) is 5.82 Å². The van der Waals surface area contributed by atoms with Crippen LogP contribution < -0.4 is 10.9 Å². The zero-order chi connectivity index (χ0) is 18.5. The van der Waals surface area contributed by atoms with Crippen LogP contribution in [0.3, 0.4) is 0 Å². The molecule has 1 amide bonds. The number of aromatic hydroxyl groups is 1. The van der Waals surface area contributed by atoms with Gasteiger partial charge in [-0.3, -0.25) is 14.2 Å². The van der Waals surface area contributed by atoms with E-state index in [9.17, 15) is 19.1 Å². The van der Waals surface area contributed by atoms with Gasteiger partial charge in [-0.2, -0.15) is 4.98 Å². The normalized spacial score (nSPS) is 10.7. The lowest BCUT2D eigenvalue weighted by Crippen LogP contribution is -2.25. The number of furan rings is 1. The fourth-order valence-electron chi connectivity index (χ4n) is 2.15. The van der Waals surface area contributed by atoms with Gasteiger partial charge in [0.05, 0.1) is 30.3 Å². The summed E-state index contributed by atoms with van der Waals surface area (Å²) in [6, 6.07) is 9.64. The molecule has 2 N–H and O–H groups in total. The predicted octanol–water partition coefficient (Wildman–Crippen LogP) is 2.08. The Balaban J connectivity index is 1.75. The molecule has 0 aliphatic carbocycles. The minimum Gasteiger partial charge on any atom is -0.493 e. The topological polar surface area (TPSA) is 97.4 Å². The molecular weight excluding hydrogens is 361 g/mol. The van der Waals surface area contributed by atoms with E-state index < -0.39 is 17.3 Å². The minimum absolute atomic E-state index is 0.0300. The molecule has 0 saturated carbocycles. The molecule has 7 nitrogen and oxygen atoms in total. The van der Waals surface area contributed by atoms with Gasteiger partial charge < -0.3 is 14.8 Å². The molecule has 134 valence electrons. The minimum atomic E-state index is -0.539. The maximum absolute atomic E-state index is 13.1. The third-order valence-corrected chi connectivity index (χ3v) is 4.27. The molecule has 0 aliphatic rings. The second-order valence-corrected chi connectivity index (χ2v) is 6.13. The number of carbonyl (C=O) groups excluding carboxylic acids is 1. The second kappa shape index (κ2) is 7.87. The third-order valence-electron chi connectivity index (χ3n) is 3.33. The van der Waals surface area contributed by atoms with Crippen LogP contribution in [0.2, 0.25) is 0 Å². The zero-order valence-corrected chi connectivity index (χ0v) is 14.2. The van der Waals surface area contributed by atoms with Crippen molar-refractivity contribution in [3.05, 3.63) is 70.7 Å². The Bertz CT molecular complexity index is 955. The summed E-state index contributed by atoms with van der Waals surface area (Å²) >= 11 is 0.975. The number of thioether (sulfide) groups is 1. The van der Waals surface area contributed by atoms with Crippen LogP contribution in [-0.4, -0.2) is 26.3 Å². The van der Waals surface area contributed by atoms with Crippen LogP contribution in [0.15, 0.2) is 63.1 Å². The average molecular weight is 375 g/mol. The Kier molecular flexibility index (Phi) is 5.37. The van der Waals surface area contributed by atoms with E-state index in [1.165, 1.54) is 35.1 Å². The van der Waals surface area contributed by atoms with E-state index in [-0.39, 0.29) is 23.4 Å². The molecule has 0 bridgehead atoms. The monoisotopic (exact) mass is 375 g/mol. The van der Waals surface area contributed by atoms with Crippen LogP contribution in [0.5, 0.6) is 5.88 Å². The molecule has 0 radical (unpaired) electrons. The zero-order valence-electron chi connectivity index (χ0n) is 13.4. The Hall–Kier alpha value is -3.07. The summed E-state index contributed by atoms with van der Waals surface area (Å²) in [6.45, 7) is 0.241. The number of benzene rings is 1. The van der Waals surface area contributed by atoms with Gasteiger partial charge in [0.15, 0.2) is 5.16 Å². The Labute approximate surface area is 151 Å². The molecule has 0 saturated heterocycles. The van der Waals surface area contributed by atoms with Crippen molar-refractivity contribution in [2.24, 2.45) is 0 Å². The lowest BCUT2D eigenvalue weighted by Gasteiger charge is -2.11. The van der Waals surface area contributed by atoms with Gasteiger partial charge in [0.25, 0.3) is 5.56 Å². The van der Waals surface area contributed by atoms with Crippen molar-refractivity contribution >= 4 is 17.7 Å². The van der Waals surface area contributed by atoms with Crippen LogP contribution in [0.1, 0.15) is 5.76 Å². The molecule has 1 aromatic carbocycles. The van der Waals surface area contributed by atoms with E-state index in [1.54, 1.807) is 12.1 Å². The van der Waals surface area contributed by atoms with Crippen LogP contribution in [0.4, 0.5) is 4.39 Å². The summed E-state index contributed by atoms with van der Waals surface area (Å²) < 4.78 is 19.4. The number of aromatic nitrogens is 2.